The minimum absolute atomic E-state index is 0.113. The number of hydrogen-bond acceptors (Lipinski definition) is 7. The maximum atomic E-state index is 13.8. The Hall–Kier alpha value is -4.24. The Morgan fingerprint density at radius 3 is 2.51 bits per heavy atom. The van der Waals surface area contributed by atoms with Crippen LogP contribution in [0.15, 0.2) is 72.3 Å². The van der Waals surface area contributed by atoms with Crippen LogP contribution in [0, 0.1) is 5.82 Å². The molecule has 5 rings (SSSR count). The first-order valence-electron chi connectivity index (χ1n) is 10.6. The SMILES string of the molecule is COc1cccc(C2C(=C(O)c3ccccc3)C(=O)C(=O)N2c2nc3ccc(F)cc3s2)c1OC. The fraction of sp³-hybridized carbons (Fsp3) is 0.115. The lowest BCUT2D eigenvalue weighted by Crippen LogP contribution is -2.29. The van der Waals surface area contributed by atoms with E-state index in [1.807, 2.05) is 0 Å². The summed E-state index contributed by atoms with van der Waals surface area (Å²) in [5.74, 6) is -1.80. The number of amides is 1. The highest BCUT2D eigenvalue weighted by molar-refractivity contribution is 7.22. The number of benzene rings is 3. The Morgan fingerprint density at radius 1 is 1.03 bits per heavy atom. The van der Waals surface area contributed by atoms with Gasteiger partial charge in [-0.05, 0) is 24.3 Å². The zero-order chi connectivity index (χ0) is 24.7. The Kier molecular flexibility index (Phi) is 5.70. The number of fused-ring (bicyclic) bond motifs is 1. The van der Waals surface area contributed by atoms with Crippen molar-refractivity contribution in [3.63, 3.8) is 0 Å². The van der Waals surface area contributed by atoms with Gasteiger partial charge in [0, 0.05) is 11.1 Å². The zero-order valence-corrected chi connectivity index (χ0v) is 19.5. The summed E-state index contributed by atoms with van der Waals surface area (Å²) in [6.45, 7) is 0. The van der Waals surface area contributed by atoms with Crippen LogP contribution in [0.1, 0.15) is 17.2 Å². The molecule has 1 amide bonds. The molecule has 1 saturated heterocycles. The fourth-order valence-corrected chi connectivity index (χ4v) is 5.21. The van der Waals surface area contributed by atoms with Crippen LogP contribution in [0.2, 0.25) is 0 Å². The number of aliphatic hydroxyl groups is 1. The maximum Gasteiger partial charge on any atom is 0.301 e. The van der Waals surface area contributed by atoms with Crippen molar-refractivity contribution >= 4 is 44.1 Å². The first kappa shape index (κ1) is 22.5. The number of anilines is 1. The van der Waals surface area contributed by atoms with Gasteiger partial charge in [0.15, 0.2) is 16.6 Å². The van der Waals surface area contributed by atoms with Crippen molar-refractivity contribution in [2.24, 2.45) is 0 Å². The number of aromatic nitrogens is 1. The lowest BCUT2D eigenvalue weighted by atomic mass is 9.94. The highest BCUT2D eigenvalue weighted by Gasteiger charge is 2.49. The molecule has 1 fully saturated rings. The summed E-state index contributed by atoms with van der Waals surface area (Å²) in [6.07, 6.45) is 0. The summed E-state index contributed by atoms with van der Waals surface area (Å²) in [4.78, 5) is 32.4. The highest BCUT2D eigenvalue weighted by Crippen LogP contribution is 2.48. The van der Waals surface area contributed by atoms with E-state index in [4.69, 9.17) is 9.47 Å². The van der Waals surface area contributed by atoms with Crippen molar-refractivity contribution < 1.29 is 28.6 Å². The van der Waals surface area contributed by atoms with Gasteiger partial charge in [0.25, 0.3) is 5.78 Å². The van der Waals surface area contributed by atoms with Crippen LogP contribution in [-0.2, 0) is 9.59 Å². The second-order valence-electron chi connectivity index (χ2n) is 7.73. The van der Waals surface area contributed by atoms with E-state index in [1.54, 1.807) is 48.5 Å². The van der Waals surface area contributed by atoms with Gasteiger partial charge in [-0.15, -0.1) is 0 Å². The number of carbonyl (C=O) groups is 2. The van der Waals surface area contributed by atoms with Gasteiger partial charge in [0.2, 0.25) is 0 Å². The van der Waals surface area contributed by atoms with Crippen LogP contribution < -0.4 is 14.4 Å². The standard InChI is InChI=1S/C26H19FN2O5S/c1-33-18-10-6-9-16(24(18)34-2)21-20(22(30)14-7-4-3-5-8-14)23(31)25(32)29(21)26-28-17-12-11-15(27)13-19(17)35-26/h3-13,21,30H,1-2H3. The summed E-state index contributed by atoms with van der Waals surface area (Å²) in [7, 11) is 2.93. The third-order valence-corrected chi connectivity index (χ3v) is 6.78. The summed E-state index contributed by atoms with van der Waals surface area (Å²) < 4.78 is 25.4. The van der Waals surface area contributed by atoms with Gasteiger partial charge in [-0.25, -0.2) is 9.37 Å². The Bertz CT molecular complexity index is 1500. The summed E-state index contributed by atoms with van der Waals surface area (Å²) in [6, 6.07) is 16.6. The normalized spacial score (nSPS) is 17.2. The molecule has 1 aliphatic heterocycles. The molecule has 9 heteroatoms. The number of aliphatic hydroxyl groups excluding tert-OH is 1. The molecule has 1 aromatic heterocycles. The quantitative estimate of drug-likeness (QED) is 0.239. The predicted octanol–water partition coefficient (Wildman–Crippen LogP) is 5.08. The monoisotopic (exact) mass is 490 g/mol. The average Bonchev–Trinajstić information content (AvgIpc) is 3.41. The van der Waals surface area contributed by atoms with Crippen LogP contribution in [0.5, 0.6) is 11.5 Å². The number of nitrogens with zero attached hydrogens (tertiary/aromatic N) is 2. The lowest BCUT2D eigenvalue weighted by Gasteiger charge is -2.25. The molecule has 35 heavy (non-hydrogen) atoms. The molecule has 1 aliphatic rings. The van der Waals surface area contributed by atoms with E-state index in [-0.39, 0.29) is 16.5 Å². The van der Waals surface area contributed by atoms with Crippen LogP contribution in [0.25, 0.3) is 16.0 Å². The minimum atomic E-state index is -1.06. The average molecular weight is 491 g/mol. The van der Waals surface area contributed by atoms with E-state index in [0.717, 1.165) is 11.3 Å². The number of methoxy groups -OCH3 is 2. The molecular formula is C26H19FN2O5S. The molecule has 0 saturated carbocycles. The maximum absolute atomic E-state index is 13.8. The number of rotatable bonds is 5. The van der Waals surface area contributed by atoms with Gasteiger partial charge < -0.3 is 14.6 Å². The Morgan fingerprint density at radius 2 is 1.80 bits per heavy atom. The molecule has 0 aliphatic carbocycles. The molecule has 1 N–H and O–H groups in total. The van der Waals surface area contributed by atoms with E-state index in [1.165, 1.54) is 37.3 Å². The predicted molar refractivity (Wildman–Crippen MR) is 130 cm³/mol. The highest BCUT2D eigenvalue weighted by atomic mass is 32.1. The molecule has 1 unspecified atom stereocenters. The largest absolute Gasteiger partial charge is 0.507 e. The van der Waals surface area contributed by atoms with Crippen LogP contribution in [0.3, 0.4) is 0 Å². The third kappa shape index (κ3) is 3.70. The van der Waals surface area contributed by atoms with Crippen LogP contribution >= 0.6 is 11.3 Å². The van der Waals surface area contributed by atoms with Gasteiger partial charge in [0.1, 0.15) is 17.6 Å². The minimum Gasteiger partial charge on any atom is -0.507 e. The number of para-hydroxylation sites is 1. The number of ketones is 1. The van der Waals surface area contributed by atoms with E-state index in [2.05, 4.69) is 4.98 Å². The van der Waals surface area contributed by atoms with Gasteiger partial charge in [-0.3, -0.25) is 14.5 Å². The van der Waals surface area contributed by atoms with Crippen molar-refractivity contribution in [1.29, 1.82) is 0 Å². The van der Waals surface area contributed by atoms with Gasteiger partial charge in [-0.2, -0.15) is 0 Å². The molecular weight excluding hydrogens is 471 g/mol. The van der Waals surface area contributed by atoms with Gasteiger partial charge in [0.05, 0.1) is 30.0 Å². The van der Waals surface area contributed by atoms with Crippen molar-refractivity contribution in [1.82, 2.24) is 4.98 Å². The van der Waals surface area contributed by atoms with Crippen LogP contribution in [0.4, 0.5) is 9.52 Å². The van der Waals surface area contributed by atoms with E-state index in [0.29, 0.717) is 32.8 Å². The topological polar surface area (TPSA) is 89.0 Å². The molecule has 4 aromatic rings. The second-order valence-corrected chi connectivity index (χ2v) is 8.74. The Labute approximate surface area is 203 Å². The molecule has 1 atom stereocenters. The number of Topliss-reactive ketones (excluding diaryl/α,β-unsaturated/α-hetero) is 1. The molecule has 7 nitrogen and oxygen atoms in total. The van der Waals surface area contributed by atoms with E-state index < -0.39 is 23.5 Å². The number of thiazole rings is 1. The number of halogens is 1. The van der Waals surface area contributed by atoms with Crippen molar-refractivity contribution in [3.05, 3.63) is 89.2 Å². The first-order chi connectivity index (χ1) is 16.9. The molecule has 0 spiro atoms. The summed E-state index contributed by atoms with van der Waals surface area (Å²) >= 11 is 1.07. The van der Waals surface area contributed by atoms with Gasteiger partial charge >= 0.3 is 5.91 Å². The molecule has 0 bridgehead atoms. The van der Waals surface area contributed by atoms with Crippen molar-refractivity contribution in [2.75, 3.05) is 19.1 Å². The molecule has 2 heterocycles. The van der Waals surface area contributed by atoms with Crippen LogP contribution in [-0.4, -0.2) is 36.0 Å². The fourth-order valence-electron chi connectivity index (χ4n) is 4.19. The molecule has 176 valence electrons. The zero-order valence-electron chi connectivity index (χ0n) is 18.7. The second kappa shape index (κ2) is 8.84. The number of hydrogen-bond donors (Lipinski definition) is 1. The summed E-state index contributed by atoms with van der Waals surface area (Å²) in [5.41, 5.74) is 1.17. The van der Waals surface area contributed by atoms with Crippen molar-refractivity contribution in [2.45, 2.75) is 6.04 Å². The van der Waals surface area contributed by atoms with Crippen molar-refractivity contribution in [3.8, 4) is 11.5 Å². The third-order valence-electron chi connectivity index (χ3n) is 5.76. The van der Waals surface area contributed by atoms with E-state index in [9.17, 15) is 19.1 Å². The smallest absolute Gasteiger partial charge is 0.301 e. The number of ether oxygens (including phenoxy) is 2. The lowest BCUT2D eigenvalue weighted by molar-refractivity contribution is -0.132. The van der Waals surface area contributed by atoms with Gasteiger partial charge in [-0.1, -0.05) is 53.8 Å². The molecule has 3 aromatic carbocycles. The Balaban J connectivity index is 1.79. The number of carbonyl (C=O) groups excluding carboxylic acids is 2. The summed E-state index contributed by atoms with van der Waals surface area (Å²) in [5, 5.41) is 11.4. The first-order valence-corrected chi connectivity index (χ1v) is 11.4. The molecule has 0 radical (unpaired) electrons. The van der Waals surface area contributed by atoms with E-state index >= 15 is 0 Å².